The molecule has 1 aromatic carbocycles. The molecule has 0 atom stereocenters. The number of rotatable bonds is 12. The summed E-state index contributed by atoms with van der Waals surface area (Å²) >= 11 is 0. The molecule has 0 saturated heterocycles. The molecule has 0 spiro atoms. The van der Waals surface area contributed by atoms with Crippen LogP contribution in [0.15, 0.2) is 37.4 Å². The molecule has 0 bridgehead atoms. The monoisotopic (exact) mass is 362 g/mol. The maximum atomic E-state index is 12.3. The maximum absolute atomic E-state index is 12.3. The van der Waals surface area contributed by atoms with Gasteiger partial charge in [0.25, 0.3) is 0 Å². The molecule has 142 valence electrons. The molecule has 6 nitrogen and oxygen atoms in total. The first-order chi connectivity index (χ1) is 12.6. The number of hydrogen-bond donors (Lipinski definition) is 0. The van der Waals surface area contributed by atoms with Gasteiger partial charge in [-0.05, 0) is 38.8 Å². The highest BCUT2D eigenvalue weighted by atomic mass is 16.5. The lowest BCUT2D eigenvalue weighted by Crippen LogP contribution is -2.13. The summed E-state index contributed by atoms with van der Waals surface area (Å²) in [4.78, 5) is 24.6. The highest BCUT2D eigenvalue weighted by Crippen LogP contribution is 2.31. The highest BCUT2D eigenvalue weighted by Gasteiger charge is 2.23. The number of carbonyl (C=O) groups is 2. The minimum absolute atomic E-state index is 0.192. The predicted molar refractivity (Wildman–Crippen MR) is 99.0 cm³/mol. The van der Waals surface area contributed by atoms with Gasteiger partial charge in [-0.1, -0.05) is 12.2 Å². The summed E-state index contributed by atoms with van der Waals surface area (Å²) in [5.74, 6) is -0.621. The quantitative estimate of drug-likeness (QED) is 0.318. The van der Waals surface area contributed by atoms with E-state index in [9.17, 15) is 9.59 Å². The van der Waals surface area contributed by atoms with Gasteiger partial charge in [-0.2, -0.15) is 0 Å². The number of carbonyl (C=O) groups excluding carboxylic acids is 2. The van der Waals surface area contributed by atoms with E-state index >= 15 is 0 Å². The Labute approximate surface area is 154 Å². The Morgan fingerprint density at radius 3 is 1.54 bits per heavy atom. The van der Waals surface area contributed by atoms with E-state index in [0.29, 0.717) is 26.1 Å². The van der Waals surface area contributed by atoms with Gasteiger partial charge in [-0.25, -0.2) is 9.59 Å². The average molecular weight is 362 g/mol. The van der Waals surface area contributed by atoms with Crippen LogP contribution in [0.4, 0.5) is 0 Å². The van der Waals surface area contributed by atoms with Crippen LogP contribution >= 0.6 is 0 Å². The van der Waals surface area contributed by atoms with Crippen LogP contribution in [0.25, 0.3) is 0 Å². The summed E-state index contributed by atoms with van der Waals surface area (Å²) < 4.78 is 21.4. The third-order valence-electron chi connectivity index (χ3n) is 3.23. The lowest BCUT2D eigenvalue weighted by molar-refractivity contribution is 0.0503. The molecule has 0 aliphatic heterocycles. The Morgan fingerprint density at radius 1 is 0.846 bits per heavy atom. The van der Waals surface area contributed by atoms with E-state index in [-0.39, 0.29) is 35.8 Å². The molecule has 0 N–H and O–H groups in total. The van der Waals surface area contributed by atoms with Crippen LogP contribution in [-0.2, 0) is 9.47 Å². The van der Waals surface area contributed by atoms with Crippen LogP contribution < -0.4 is 9.47 Å². The Kier molecular flexibility index (Phi) is 9.61. The Hall–Kier alpha value is -2.76. The van der Waals surface area contributed by atoms with Crippen LogP contribution in [-0.4, -0.2) is 38.4 Å². The van der Waals surface area contributed by atoms with Gasteiger partial charge in [0.2, 0.25) is 0 Å². The highest BCUT2D eigenvalue weighted by molar-refractivity contribution is 5.98. The molecule has 6 heteroatoms. The van der Waals surface area contributed by atoms with Crippen molar-refractivity contribution in [2.45, 2.75) is 26.7 Å². The fourth-order valence-corrected chi connectivity index (χ4v) is 2.04. The van der Waals surface area contributed by atoms with E-state index in [0.717, 1.165) is 0 Å². The second kappa shape index (κ2) is 11.7. The van der Waals surface area contributed by atoms with Gasteiger partial charge >= 0.3 is 11.9 Å². The second-order valence-corrected chi connectivity index (χ2v) is 5.14. The van der Waals surface area contributed by atoms with Gasteiger partial charge in [0.05, 0.1) is 26.4 Å². The number of ether oxygens (including phenoxy) is 4. The SMILES string of the molecule is C=CCCOc1cc(C(=O)OCC)c(OCCC=C)cc1C(=O)OCC. The molecule has 0 saturated carbocycles. The molecular formula is C20H26O6. The van der Waals surface area contributed by atoms with Crippen LogP contribution in [0.1, 0.15) is 47.4 Å². The molecule has 26 heavy (non-hydrogen) atoms. The first-order valence-corrected chi connectivity index (χ1v) is 8.58. The molecule has 1 rings (SSSR count). The zero-order valence-electron chi connectivity index (χ0n) is 15.4. The van der Waals surface area contributed by atoms with Crippen molar-refractivity contribution in [1.29, 1.82) is 0 Å². The molecule has 0 aromatic heterocycles. The Morgan fingerprint density at radius 2 is 1.23 bits per heavy atom. The number of hydrogen-bond acceptors (Lipinski definition) is 6. The smallest absolute Gasteiger partial charge is 0.342 e. The maximum Gasteiger partial charge on any atom is 0.342 e. The molecule has 0 aliphatic carbocycles. The molecule has 0 aliphatic rings. The lowest BCUT2D eigenvalue weighted by Gasteiger charge is -2.16. The summed E-state index contributed by atoms with van der Waals surface area (Å²) in [5.41, 5.74) is 0.384. The lowest BCUT2D eigenvalue weighted by atomic mass is 10.1. The molecule has 0 heterocycles. The topological polar surface area (TPSA) is 71.1 Å². The van der Waals surface area contributed by atoms with Crippen molar-refractivity contribution < 1.29 is 28.5 Å². The minimum atomic E-state index is -0.551. The summed E-state index contributed by atoms with van der Waals surface area (Å²) in [6.45, 7) is 11.8. The third-order valence-corrected chi connectivity index (χ3v) is 3.23. The van der Waals surface area contributed by atoms with Crippen molar-refractivity contribution in [3.8, 4) is 11.5 Å². The fraction of sp³-hybridized carbons (Fsp3) is 0.400. The molecular weight excluding hydrogens is 336 g/mol. The number of esters is 2. The van der Waals surface area contributed by atoms with E-state index in [2.05, 4.69) is 13.2 Å². The standard InChI is InChI=1S/C20H26O6/c1-5-9-11-25-17-13-16(20(22)24-8-4)18(26-12-10-6-2)14-15(17)19(21)23-7-3/h5-6,13-14H,1-2,7-12H2,3-4H3. The molecule has 0 unspecified atom stereocenters. The van der Waals surface area contributed by atoms with Crippen molar-refractivity contribution in [2.75, 3.05) is 26.4 Å². The molecule has 1 aromatic rings. The second-order valence-electron chi connectivity index (χ2n) is 5.14. The van der Waals surface area contributed by atoms with Crippen molar-refractivity contribution >= 4 is 11.9 Å². The van der Waals surface area contributed by atoms with Crippen LogP contribution in [0.5, 0.6) is 11.5 Å². The van der Waals surface area contributed by atoms with Crippen molar-refractivity contribution in [3.63, 3.8) is 0 Å². The summed E-state index contributed by atoms with van der Waals surface area (Å²) in [7, 11) is 0. The van der Waals surface area contributed by atoms with Gasteiger partial charge in [0.15, 0.2) is 0 Å². The zero-order chi connectivity index (χ0) is 19.4. The Balaban J connectivity index is 3.32. The summed E-state index contributed by atoms with van der Waals surface area (Å²) in [6.07, 6.45) is 4.58. The first-order valence-electron chi connectivity index (χ1n) is 8.58. The zero-order valence-corrected chi connectivity index (χ0v) is 15.4. The molecule has 0 fully saturated rings. The average Bonchev–Trinajstić information content (AvgIpc) is 2.63. The third kappa shape index (κ3) is 6.27. The Bertz CT molecular complexity index is 580. The molecule has 0 amide bonds. The molecule has 0 radical (unpaired) electrons. The fourth-order valence-electron chi connectivity index (χ4n) is 2.04. The van der Waals surface area contributed by atoms with Crippen LogP contribution in [0.2, 0.25) is 0 Å². The van der Waals surface area contributed by atoms with Gasteiger partial charge < -0.3 is 18.9 Å². The van der Waals surface area contributed by atoms with Crippen LogP contribution in [0.3, 0.4) is 0 Å². The van der Waals surface area contributed by atoms with E-state index in [1.807, 2.05) is 0 Å². The summed E-state index contributed by atoms with van der Waals surface area (Å²) in [5, 5.41) is 0. The van der Waals surface area contributed by atoms with Gasteiger partial charge in [0, 0.05) is 0 Å². The van der Waals surface area contributed by atoms with Crippen molar-refractivity contribution in [2.24, 2.45) is 0 Å². The minimum Gasteiger partial charge on any atom is -0.492 e. The normalized spacial score (nSPS) is 9.92. The predicted octanol–water partition coefficient (Wildman–Crippen LogP) is 3.95. The summed E-state index contributed by atoms with van der Waals surface area (Å²) in [6, 6.07) is 2.91. The van der Waals surface area contributed by atoms with E-state index in [1.165, 1.54) is 12.1 Å². The number of benzene rings is 1. The van der Waals surface area contributed by atoms with Gasteiger partial charge in [-0.3, -0.25) is 0 Å². The van der Waals surface area contributed by atoms with Gasteiger partial charge in [-0.15, -0.1) is 13.2 Å². The largest absolute Gasteiger partial charge is 0.492 e. The van der Waals surface area contributed by atoms with E-state index in [1.54, 1.807) is 26.0 Å². The van der Waals surface area contributed by atoms with Gasteiger partial charge in [0.1, 0.15) is 22.6 Å². The van der Waals surface area contributed by atoms with E-state index < -0.39 is 11.9 Å². The first kappa shape index (κ1) is 21.3. The van der Waals surface area contributed by atoms with E-state index in [4.69, 9.17) is 18.9 Å². The van der Waals surface area contributed by atoms with Crippen LogP contribution in [0, 0.1) is 0 Å². The van der Waals surface area contributed by atoms with Crippen molar-refractivity contribution in [1.82, 2.24) is 0 Å². The van der Waals surface area contributed by atoms with Crippen molar-refractivity contribution in [3.05, 3.63) is 48.6 Å².